The van der Waals surface area contributed by atoms with Crippen LogP contribution in [0.3, 0.4) is 0 Å². The van der Waals surface area contributed by atoms with E-state index in [0.717, 1.165) is 0 Å². The molecule has 0 atom stereocenters. The molecule has 1 aliphatic heterocycles. The van der Waals surface area contributed by atoms with Crippen molar-refractivity contribution in [2.24, 2.45) is 0 Å². The molecule has 0 unspecified atom stereocenters. The van der Waals surface area contributed by atoms with Crippen LogP contribution in [0.4, 0.5) is 5.69 Å². The van der Waals surface area contributed by atoms with Gasteiger partial charge in [0.15, 0.2) is 9.84 Å². The fraction of sp³-hybridized carbons (Fsp3) is 0.571. The van der Waals surface area contributed by atoms with Crippen LogP contribution in [0.5, 0.6) is 0 Å². The number of hydrogen-bond donors (Lipinski definition) is 0. The van der Waals surface area contributed by atoms with Crippen molar-refractivity contribution in [1.29, 1.82) is 0 Å². The Morgan fingerprint density at radius 1 is 1.30 bits per heavy atom. The summed E-state index contributed by atoms with van der Waals surface area (Å²) in [6.07, 6.45) is 0.539. The maximum atomic E-state index is 12.2. The van der Waals surface area contributed by atoms with Crippen LogP contribution in [0.2, 0.25) is 0 Å². The summed E-state index contributed by atoms with van der Waals surface area (Å²) in [4.78, 5) is 10.8. The van der Waals surface area contributed by atoms with Crippen LogP contribution in [-0.4, -0.2) is 19.1 Å². The second-order valence-electron chi connectivity index (χ2n) is 6.27. The van der Waals surface area contributed by atoms with Crippen LogP contribution in [0.15, 0.2) is 17.0 Å². The second-order valence-corrected chi connectivity index (χ2v) is 8.35. The number of rotatable bonds is 2. The highest BCUT2D eigenvalue weighted by molar-refractivity contribution is 7.91. The second kappa shape index (κ2) is 4.55. The number of nitro benzene ring substituents is 1. The zero-order valence-corrected chi connectivity index (χ0v) is 13.0. The first-order valence-electron chi connectivity index (χ1n) is 6.62. The highest BCUT2D eigenvalue weighted by Gasteiger charge is 2.38. The lowest BCUT2D eigenvalue weighted by Gasteiger charge is -2.32. The average Bonchev–Trinajstić information content (AvgIpc) is 2.33. The molecule has 0 radical (unpaired) electrons. The molecule has 0 saturated carbocycles. The molecule has 2 rings (SSSR count). The molecule has 0 amide bonds. The van der Waals surface area contributed by atoms with Gasteiger partial charge in [0.05, 0.1) is 15.6 Å². The zero-order valence-electron chi connectivity index (χ0n) is 12.1. The topological polar surface area (TPSA) is 77.3 Å². The first kappa shape index (κ1) is 15.0. The lowest BCUT2D eigenvalue weighted by atomic mass is 9.80. The molecule has 5 nitrogen and oxygen atoms in total. The summed E-state index contributed by atoms with van der Waals surface area (Å²) in [7, 11) is -3.42. The molecular formula is C14H19NO4S. The Morgan fingerprint density at radius 3 is 2.40 bits per heavy atom. The van der Waals surface area contributed by atoms with E-state index in [0.29, 0.717) is 17.5 Å². The van der Waals surface area contributed by atoms with Crippen LogP contribution in [0.25, 0.3) is 0 Å². The molecule has 1 aromatic rings. The quantitative estimate of drug-likeness (QED) is 0.620. The van der Waals surface area contributed by atoms with Crippen LogP contribution in [0.1, 0.15) is 51.2 Å². The number of sulfone groups is 1. The molecule has 1 aliphatic rings. The molecule has 20 heavy (non-hydrogen) atoms. The van der Waals surface area contributed by atoms with E-state index in [9.17, 15) is 18.5 Å². The van der Waals surface area contributed by atoms with Crippen molar-refractivity contribution in [2.75, 3.05) is 5.75 Å². The van der Waals surface area contributed by atoms with Crippen LogP contribution >= 0.6 is 0 Å². The SMILES string of the molecule is CC(C)c1cc2c(cc1[N+](=O)[O-])S(=O)(=O)CCC2(C)C. The molecule has 1 heterocycles. The largest absolute Gasteiger partial charge is 0.274 e. The van der Waals surface area contributed by atoms with Gasteiger partial charge in [-0.3, -0.25) is 10.1 Å². The standard InChI is InChI=1S/C14H19NO4S/c1-9(2)10-7-11-13(8-12(10)15(16)17)20(18,19)6-5-14(11,3)4/h7-9H,5-6H2,1-4H3. The molecule has 110 valence electrons. The highest BCUT2D eigenvalue weighted by atomic mass is 32.2. The predicted molar refractivity (Wildman–Crippen MR) is 76.9 cm³/mol. The first-order valence-corrected chi connectivity index (χ1v) is 8.27. The zero-order chi connectivity index (χ0) is 15.3. The number of hydrogen-bond acceptors (Lipinski definition) is 4. The molecule has 1 aromatic carbocycles. The number of fused-ring (bicyclic) bond motifs is 1. The minimum Gasteiger partial charge on any atom is -0.258 e. The summed E-state index contributed by atoms with van der Waals surface area (Å²) in [5, 5.41) is 11.2. The fourth-order valence-electron chi connectivity index (χ4n) is 2.63. The van der Waals surface area contributed by atoms with E-state index < -0.39 is 14.8 Å². The van der Waals surface area contributed by atoms with Crippen LogP contribution in [-0.2, 0) is 15.3 Å². The van der Waals surface area contributed by atoms with Gasteiger partial charge in [-0.1, -0.05) is 27.7 Å². The molecule has 6 heteroatoms. The first-order chi connectivity index (χ1) is 9.06. The third-order valence-electron chi connectivity index (χ3n) is 4.01. The predicted octanol–water partition coefficient (Wildman–Crippen LogP) is 3.17. The molecule has 0 saturated heterocycles. The monoisotopic (exact) mass is 297 g/mol. The van der Waals surface area contributed by atoms with Crippen molar-refractivity contribution in [3.63, 3.8) is 0 Å². The molecular weight excluding hydrogens is 278 g/mol. The Balaban J connectivity index is 2.84. The molecule has 0 fully saturated rings. The van der Waals surface area contributed by atoms with E-state index in [1.54, 1.807) is 6.07 Å². The van der Waals surface area contributed by atoms with Crippen molar-refractivity contribution >= 4 is 15.5 Å². The van der Waals surface area contributed by atoms with Crippen LogP contribution in [0, 0.1) is 10.1 Å². The molecule has 0 aromatic heterocycles. The van der Waals surface area contributed by atoms with E-state index in [-0.39, 0.29) is 27.7 Å². The summed E-state index contributed by atoms with van der Waals surface area (Å²) >= 11 is 0. The average molecular weight is 297 g/mol. The molecule has 0 spiro atoms. The normalized spacial score (nSPS) is 19.6. The van der Waals surface area contributed by atoms with Gasteiger partial charge in [0.25, 0.3) is 5.69 Å². The van der Waals surface area contributed by atoms with Crippen molar-refractivity contribution in [2.45, 2.75) is 50.3 Å². The lowest BCUT2D eigenvalue weighted by molar-refractivity contribution is -0.385. The Bertz CT molecular complexity index is 675. The van der Waals surface area contributed by atoms with Crippen molar-refractivity contribution in [1.82, 2.24) is 0 Å². The Labute approximate surface area is 119 Å². The summed E-state index contributed by atoms with van der Waals surface area (Å²) in [5.41, 5.74) is 0.927. The van der Waals surface area contributed by atoms with Gasteiger partial charge in [0, 0.05) is 11.6 Å². The molecule has 0 N–H and O–H groups in total. The van der Waals surface area contributed by atoms with Crippen molar-refractivity contribution < 1.29 is 13.3 Å². The summed E-state index contributed by atoms with van der Waals surface area (Å²) in [5.74, 6) is 0.0201. The van der Waals surface area contributed by atoms with Gasteiger partial charge in [-0.25, -0.2) is 8.42 Å². The molecule has 0 aliphatic carbocycles. The Kier molecular flexibility index (Phi) is 3.40. The maximum Gasteiger partial charge on any atom is 0.274 e. The van der Waals surface area contributed by atoms with E-state index in [2.05, 4.69) is 0 Å². The minimum atomic E-state index is -3.42. The van der Waals surface area contributed by atoms with E-state index >= 15 is 0 Å². The Hall–Kier alpha value is -1.43. The fourth-order valence-corrected chi connectivity index (χ4v) is 4.59. The van der Waals surface area contributed by atoms with Crippen molar-refractivity contribution in [3.8, 4) is 0 Å². The highest BCUT2D eigenvalue weighted by Crippen LogP contribution is 2.42. The lowest BCUT2D eigenvalue weighted by Crippen LogP contribution is -2.30. The summed E-state index contributed by atoms with van der Waals surface area (Å²) in [6, 6.07) is 2.97. The van der Waals surface area contributed by atoms with Gasteiger partial charge in [-0.05, 0) is 29.4 Å². The van der Waals surface area contributed by atoms with Gasteiger partial charge in [0.1, 0.15) is 0 Å². The van der Waals surface area contributed by atoms with E-state index in [4.69, 9.17) is 0 Å². The number of nitrogens with zero attached hydrogens (tertiary/aromatic N) is 1. The number of benzene rings is 1. The molecule has 0 bridgehead atoms. The van der Waals surface area contributed by atoms with Crippen LogP contribution < -0.4 is 0 Å². The van der Waals surface area contributed by atoms with E-state index in [1.165, 1.54) is 6.07 Å². The Morgan fingerprint density at radius 2 is 1.90 bits per heavy atom. The minimum absolute atomic E-state index is 0.0267. The van der Waals surface area contributed by atoms with Crippen molar-refractivity contribution in [3.05, 3.63) is 33.4 Å². The summed E-state index contributed by atoms with van der Waals surface area (Å²) < 4.78 is 24.4. The van der Waals surface area contributed by atoms with E-state index in [1.807, 2.05) is 27.7 Å². The van der Waals surface area contributed by atoms with Gasteiger partial charge >= 0.3 is 0 Å². The van der Waals surface area contributed by atoms with Gasteiger partial charge in [0.2, 0.25) is 0 Å². The van der Waals surface area contributed by atoms with Gasteiger partial charge in [-0.2, -0.15) is 0 Å². The summed E-state index contributed by atoms with van der Waals surface area (Å²) in [6.45, 7) is 7.71. The maximum absolute atomic E-state index is 12.2. The third kappa shape index (κ3) is 2.32. The third-order valence-corrected chi connectivity index (χ3v) is 5.76. The van der Waals surface area contributed by atoms with Gasteiger partial charge < -0.3 is 0 Å². The number of nitro groups is 1. The van der Waals surface area contributed by atoms with Gasteiger partial charge in [-0.15, -0.1) is 0 Å². The smallest absolute Gasteiger partial charge is 0.258 e.